The number of alkyl halides is 3. The minimum Gasteiger partial charge on any atom is -0.390 e. The lowest BCUT2D eigenvalue weighted by Gasteiger charge is -2.36. The first-order valence-corrected chi connectivity index (χ1v) is 16.4. The van der Waals surface area contributed by atoms with Crippen LogP contribution < -0.4 is 10.6 Å². The Morgan fingerprint density at radius 1 is 0.979 bits per heavy atom. The molecule has 0 bridgehead atoms. The molecule has 0 aromatic heterocycles. The van der Waals surface area contributed by atoms with Gasteiger partial charge in [0.1, 0.15) is 0 Å². The van der Waals surface area contributed by atoms with Crippen molar-refractivity contribution in [1.29, 1.82) is 0 Å². The van der Waals surface area contributed by atoms with Crippen molar-refractivity contribution in [3.05, 3.63) is 106 Å². The van der Waals surface area contributed by atoms with Crippen LogP contribution in [0, 0.1) is 0 Å². The summed E-state index contributed by atoms with van der Waals surface area (Å²) in [7, 11) is 0. The van der Waals surface area contributed by atoms with Crippen molar-refractivity contribution in [2.24, 2.45) is 0 Å². The van der Waals surface area contributed by atoms with Crippen molar-refractivity contribution in [1.82, 2.24) is 15.5 Å². The van der Waals surface area contributed by atoms with E-state index in [1.54, 1.807) is 24.3 Å². The fourth-order valence-electron chi connectivity index (χ4n) is 6.75. The predicted octanol–water partition coefficient (Wildman–Crippen LogP) is 7.08. The van der Waals surface area contributed by atoms with E-state index < -0.39 is 29.4 Å². The molecule has 2 atom stereocenters. The molecule has 0 unspecified atom stereocenters. The Balaban J connectivity index is 0.00000500. The Bertz CT molecular complexity index is 1510. The lowest BCUT2D eigenvalue weighted by Crippen LogP contribution is -2.50. The number of nitrogens with zero attached hydrogens (tertiary/aromatic N) is 1. The van der Waals surface area contributed by atoms with Gasteiger partial charge < -0.3 is 20.6 Å². The molecular formula is C37H45ClF3N3O3. The minimum absolute atomic E-state index is 0. The number of carbonyl (C=O) groups excluding carboxylic acids is 2. The number of aliphatic hydroxyl groups is 1. The number of halogens is 4. The normalized spacial score (nSPS) is 16.7. The molecule has 3 aromatic rings. The zero-order valence-corrected chi connectivity index (χ0v) is 27.8. The number of amides is 2. The highest BCUT2D eigenvalue weighted by atomic mass is 35.5. The molecule has 3 N–H and O–H groups in total. The highest BCUT2D eigenvalue weighted by Crippen LogP contribution is 2.46. The molecule has 1 aliphatic heterocycles. The van der Waals surface area contributed by atoms with Gasteiger partial charge in [0.15, 0.2) is 0 Å². The highest BCUT2D eigenvalue weighted by molar-refractivity contribution is 6.03. The van der Waals surface area contributed by atoms with Crippen molar-refractivity contribution in [2.45, 2.75) is 95.1 Å². The van der Waals surface area contributed by atoms with E-state index in [0.717, 1.165) is 42.9 Å². The average Bonchev–Trinajstić information content (AvgIpc) is 3.85. The second-order valence-corrected chi connectivity index (χ2v) is 12.7. The molecule has 0 saturated heterocycles. The van der Waals surface area contributed by atoms with E-state index >= 15 is 0 Å². The number of aliphatic hydroxyl groups excluding tert-OH is 1. The number of fused-ring (bicyclic) bond motifs is 1. The van der Waals surface area contributed by atoms with Crippen molar-refractivity contribution >= 4 is 24.2 Å². The Kier molecular flexibility index (Phi) is 12.1. The Labute approximate surface area is 281 Å². The van der Waals surface area contributed by atoms with Crippen molar-refractivity contribution in [2.75, 3.05) is 13.1 Å². The second-order valence-electron chi connectivity index (χ2n) is 12.7. The Hall–Kier alpha value is -3.40. The zero-order chi connectivity index (χ0) is 32.9. The number of rotatable bonds is 14. The molecule has 1 saturated carbocycles. The van der Waals surface area contributed by atoms with Crippen LogP contribution in [0.4, 0.5) is 13.2 Å². The molecule has 2 amide bonds. The van der Waals surface area contributed by atoms with E-state index in [0.29, 0.717) is 48.9 Å². The predicted molar refractivity (Wildman–Crippen MR) is 180 cm³/mol. The maximum Gasteiger partial charge on any atom is 0.416 e. The molecule has 6 nitrogen and oxygen atoms in total. The average molecular weight is 672 g/mol. The van der Waals surface area contributed by atoms with Crippen LogP contribution >= 0.6 is 12.4 Å². The third-order valence-electron chi connectivity index (χ3n) is 9.42. The van der Waals surface area contributed by atoms with Crippen LogP contribution in [0.1, 0.15) is 95.3 Å². The summed E-state index contributed by atoms with van der Waals surface area (Å²) in [6.45, 7) is 4.88. The maximum atomic E-state index is 13.8. The number of benzene rings is 3. The van der Waals surface area contributed by atoms with Crippen LogP contribution in [0.15, 0.2) is 72.8 Å². The van der Waals surface area contributed by atoms with E-state index in [4.69, 9.17) is 0 Å². The Morgan fingerprint density at radius 2 is 1.66 bits per heavy atom. The fraction of sp³-hybridized carbons (Fsp3) is 0.459. The van der Waals surface area contributed by atoms with Gasteiger partial charge in [-0.2, -0.15) is 13.2 Å². The highest BCUT2D eigenvalue weighted by Gasteiger charge is 2.45. The molecule has 0 radical (unpaired) electrons. The summed E-state index contributed by atoms with van der Waals surface area (Å²) in [6.07, 6.45) is 0.607. The van der Waals surface area contributed by atoms with Crippen LogP contribution in [-0.4, -0.2) is 53.1 Å². The van der Waals surface area contributed by atoms with Gasteiger partial charge in [0.25, 0.3) is 11.8 Å². The topological polar surface area (TPSA) is 81.7 Å². The van der Waals surface area contributed by atoms with Gasteiger partial charge in [-0.3, -0.25) is 9.59 Å². The summed E-state index contributed by atoms with van der Waals surface area (Å²) >= 11 is 0. The summed E-state index contributed by atoms with van der Waals surface area (Å²) in [5.74, 6) is -0.409. The van der Waals surface area contributed by atoms with Crippen LogP contribution in [0.5, 0.6) is 0 Å². The van der Waals surface area contributed by atoms with Gasteiger partial charge in [0, 0.05) is 35.8 Å². The van der Waals surface area contributed by atoms with Crippen LogP contribution in [0.2, 0.25) is 0 Å². The molecule has 254 valence electrons. The zero-order valence-electron chi connectivity index (χ0n) is 27.0. The third-order valence-corrected chi connectivity index (χ3v) is 9.42. The quantitative estimate of drug-likeness (QED) is 0.171. The molecular weight excluding hydrogens is 627 g/mol. The molecule has 10 heteroatoms. The third kappa shape index (κ3) is 8.55. The van der Waals surface area contributed by atoms with Crippen molar-refractivity contribution < 1.29 is 27.9 Å². The van der Waals surface area contributed by atoms with Gasteiger partial charge in [-0.1, -0.05) is 75.2 Å². The molecule has 0 spiro atoms. The molecule has 3 aromatic carbocycles. The summed E-state index contributed by atoms with van der Waals surface area (Å²) < 4.78 is 40.2. The van der Waals surface area contributed by atoms with Gasteiger partial charge in [0.05, 0.1) is 17.7 Å². The van der Waals surface area contributed by atoms with E-state index in [1.165, 1.54) is 12.1 Å². The monoisotopic (exact) mass is 671 g/mol. The van der Waals surface area contributed by atoms with E-state index in [2.05, 4.69) is 24.5 Å². The number of hydrogen-bond donors (Lipinski definition) is 3. The molecule has 47 heavy (non-hydrogen) atoms. The van der Waals surface area contributed by atoms with Gasteiger partial charge in [-0.15, -0.1) is 12.4 Å². The lowest BCUT2D eigenvalue weighted by atomic mass is 9.91. The smallest absolute Gasteiger partial charge is 0.390 e. The van der Waals surface area contributed by atoms with Crippen LogP contribution in [0.3, 0.4) is 0 Å². The first-order chi connectivity index (χ1) is 22.1. The molecule has 2 aliphatic rings. The van der Waals surface area contributed by atoms with Crippen molar-refractivity contribution in [3.63, 3.8) is 0 Å². The van der Waals surface area contributed by atoms with Crippen LogP contribution in [0.25, 0.3) is 0 Å². The summed E-state index contributed by atoms with van der Waals surface area (Å²) in [4.78, 5) is 29.4. The Morgan fingerprint density at radius 3 is 2.30 bits per heavy atom. The van der Waals surface area contributed by atoms with Gasteiger partial charge in [0.2, 0.25) is 0 Å². The maximum absolute atomic E-state index is 13.8. The first kappa shape index (κ1) is 36.4. The second kappa shape index (κ2) is 15.7. The fourth-order valence-corrected chi connectivity index (χ4v) is 6.75. The lowest BCUT2D eigenvalue weighted by molar-refractivity contribution is -0.137. The number of carbonyl (C=O) groups is 2. The van der Waals surface area contributed by atoms with Gasteiger partial charge >= 0.3 is 6.18 Å². The standard InChI is InChI=1S/C37H44F3N3O3.ClH/c1-3-10-28(11-4-2)43-21-18-29-30(16-9-17-31(29)35(43)46)34(45)42-32(22-25-12-6-5-7-13-25)33(44)24-41-36(19-20-36)26-14-8-15-27(23-26)37(38,39)40;/h5-9,12-17,23,28,32-33,41,44H,3-4,10-11,18-22,24H2,1-2H3,(H,42,45);1H/t32-,33-;/m0./s1. The molecule has 1 fully saturated rings. The van der Waals surface area contributed by atoms with Gasteiger partial charge in [-0.25, -0.2) is 0 Å². The molecule has 1 heterocycles. The van der Waals surface area contributed by atoms with Gasteiger partial charge in [-0.05, 0) is 79.5 Å². The summed E-state index contributed by atoms with van der Waals surface area (Å²) in [5, 5.41) is 17.8. The summed E-state index contributed by atoms with van der Waals surface area (Å²) in [6, 6.07) is 19.6. The largest absolute Gasteiger partial charge is 0.416 e. The molecule has 1 aliphatic carbocycles. The molecule has 5 rings (SSSR count). The minimum atomic E-state index is -4.44. The van der Waals surface area contributed by atoms with E-state index in [-0.39, 0.29) is 36.8 Å². The SMILES string of the molecule is CCCC(CCC)N1CCc2c(C(=O)N[C@@H](Cc3ccccc3)[C@@H](O)CNC3(c4cccc(C(F)(F)F)c4)CC3)cccc2C1=O.Cl. The van der Waals surface area contributed by atoms with Crippen LogP contribution in [-0.2, 0) is 24.6 Å². The van der Waals surface area contributed by atoms with E-state index in [1.807, 2.05) is 35.2 Å². The summed E-state index contributed by atoms with van der Waals surface area (Å²) in [5.41, 5.74) is 1.80. The van der Waals surface area contributed by atoms with E-state index in [9.17, 15) is 27.9 Å². The number of hydrogen-bond acceptors (Lipinski definition) is 4. The first-order valence-electron chi connectivity index (χ1n) is 16.4. The number of nitrogens with one attached hydrogen (secondary N) is 2. The van der Waals surface area contributed by atoms with Crippen molar-refractivity contribution in [3.8, 4) is 0 Å².